The Bertz CT molecular complexity index is 676. The molecule has 2 unspecified atom stereocenters. The molecule has 0 aliphatic heterocycles. The third-order valence-electron chi connectivity index (χ3n) is 2.90. The first-order valence-electron chi connectivity index (χ1n) is 6.08. The molecule has 0 bridgehead atoms. The van der Waals surface area contributed by atoms with Crippen LogP contribution in [0.5, 0.6) is 0 Å². The van der Waals surface area contributed by atoms with Crippen LogP contribution in [0.15, 0.2) is 48.5 Å². The minimum atomic E-state index is -1.79. The molecule has 0 aromatic heterocycles. The zero-order chi connectivity index (χ0) is 15.4. The predicted molar refractivity (Wildman–Crippen MR) is 80.1 cm³/mol. The summed E-state index contributed by atoms with van der Waals surface area (Å²) in [6, 6.07) is 12.3. The van der Waals surface area contributed by atoms with E-state index in [1.807, 2.05) is 0 Å². The van der Waals surface area contributed by atoms with Gasteiger partial charge in [-0.3, -0.25) is 9.00 Å². The van der Waals surface area contributed by atoms with Crippen molar-refractivity contribution < 1.29 is 18.5 Å². The Labute approximate surface area is 128 Å². The molecule has 2 aromatic rings. The summed E-state index contributed by atoms with van der Waals surface area (Å²) in [5.41, 5.74) is 0.609. The molecule has 2 atom stereocenters. The number of carboxylic acid groups (broad SMARTS) is 1. The van der Waals surface area contributed by atoms with Crippen molar-refractivity contribution in [2.75, 3.05) is 0 Å². The summed E-state index contributed by atoms with van der Waals surface area (Å²) in [4.78, 5) is 11.4. The van der Waals surface area contributed by atoms with Gasteiger partial charge in [-0.25, -0.2) is 4.39 Å². The molecule has 0 saturated heterocycles. The van der Waals surface area contributed by atoms with Gasteiger partial charge < -0.3 is 5.11 Å². The molecule has 6 heteroatoms. The van der Waals surface area contributed by atoms with Crippen molar-refractivity contribution in [3.63, 3.8) is 0 Å². The van der Waals surface area contributed by atoms with Gasteiger partial charge in [0.25, 0.3) is 0 Å². The van der Waals surface area contributed by atoms with Crippen LogP contribution in [0.2, 0.25) is 5.02 Å². The topological polar surface area (TPSA) is 54.4 Å². The maximum absolute atomic E-state index is 13.7. The minimum absolute atomic E-state index is 0.180. The van der Waals surface area contributed by atoms with Crippen molar-refractivity contribution in [2.45, 2.75) is 11.0 Å². The van der Waals surface area contributed by atoms with Gasteiger partial charge in [0, 0.05) is 21.4 Å². The number of aliphatic carboxylic acids is 1. The van der Waals surface area contributed by atoms with E-state index in [1.54, 1.807) is 30.3 Å². The highest BCUT2D eigenvalue weighted by Crippen LogP contribution is 2.24. The molecular formula is C15H12ClFO3S. The van der Waals surface area contributed by atoms with Crippen LogP contribution >= 0.6 is 11.6 Å². The van der Waals surface area contributed by atoms with Crippen LogP contribution in [-0.4, -0.2) is 15.3 Å². The number of hydrogen-bond donors (Lipinski definition) is 1. The van der Waals surface area contributed by atoms with Crippen molar-refractivity contribution >= 4 is 28.4 Å². The third-order valence-corrected chi connectivity index (χ3v) is 4.73. The second-order valence-corrected chi connectivity index (χ2v) is 6.35. The van der Waals surface area contributed by atoms with Crippen LogP contribution in [0.4, 0.5) is 4.39 Å². The molecule has 0 fully saturated rings. The molecule has 3 nitrogen and oxygen atoms in total. The fourth-order valence-corrected chi connectivity index (χ4v) is 3.46. The molecule has 0 saturated carbocycles. The first kappa shape index (κ1) is 15.7. The van der Waals surface area contributed by atoms with Crippen LogP contribution in [0.25, 0.3) is 0 Å². The molecule has 110 valence electrons. The Hall–Kier alpha value is -1.72. The average Bonchev–Trinajstić information content (AvgIpc) is 2.43. The fraction of sp³-hybridized carbons (Fsp3) is 0.133. The molecule has 0 amide bonds. The Kier molecular flexibility index (Phi) is 5.09. The van der Waals surface area contributed by atoms with Crippen molar-refractivity contribution in [3.8, 4) is 0 Å². The lowest BCUT2D eigenvalue weighted by Gasteiger charge is -2.13. The lowest BCUT2D eigenvalue weighted by molar-refractivity contribution is -0.136. The zero-order valence-electron chi connectivity index (χ0n) is 10.8. The van der Waals surface area contributed by atoms with E-state index in [0.29, 0.717) is 5.56 Å². The number of halogens is 2. The van der Waals surface area contributed by atoms with Gasteiger partial charge >= 0.3 is 5.97 Å². The Balaban J connectivity index is 2.26. The zero-order valence-corrected chi connectivity index (χ0v) is 12.4. The van der Waals surface area contributed by atoms with Crippen LogP contribution in [0.1, 0.15) is 16.4 Å². The van der Waals surface area contributed by atoms with Crippen LogP contribution in [-0.2, 0) is 21.3 Å². The Morgan fingerprint density at radius 2 is 1.90 bits per heavy atom. The molecule has 0 radical (unpaired) electrons. The SMILES string of the molecule is O=C(O)C(c1ccccc1)S(=O)Cc1ccc(Cl)cc1F. The number of carboxylic acids is 1. The smallest absolute Gasteiger partial charge is 0.323 e. The largest absolute Gasteiger partial charge is 0.480 e. The summed E-state index contributed by atoms with van der Waals surface area (Å²) < 4.78 is 26.0. The molecule has 0 aliphatic rings. The normalized spacial score (nSPS) is 13.6. The van der Waals surface area contributed by atoms with Crippen molar-refractivity contribution in [3.05, 3.63) is 70.5 Å². The van der Waals surface area contributed by atoms with Crippen molar-refractivity contribution in [2.24, 2.45) is 0 Å². The highest BCUT2D eigenvalue weighted by Gasteiger charge is 2.27. The minimum Gasteiger partial charge on any atom is -0.480 e. The van der Waals surface area contributed by atoms with Gasteiger partial charge in [0.2, 0.25) is 0 Å². The second-order valence-electron chi connectivity index (χ2n) is 4.39. The Morgan fingerprint density at radius 1 is 1.24 bits per heavy atom. The van der Waals surface area contributed by atoms with E-state index in [2.05, 4.69) is 0 Å². The first-order valence-corrected chi connectivity index (χ1v) is 7.84. The monoisotopic (exact) mass is 326 g/mol. The van der Waals surface area contributed by atoms with Crippen LogP contribution in [0, 0.1) is 5.82 Å². The predicted octanol–water partition coefficient (Wildman–Crippen LogP) is 3.55. The van der Waals surface area contributed by atoms with Crippen molar-refractivity contribution in [1.29, 1.82) is 0 Å². The van der Waals surface area contributed by atoms with Gasteiger partial charge in [0.15, 0.2) is 5.25 Å². The van der Waals surface area contributed by atoms with E-state index in [1.165, 1.54) is 12.1 Å². The molecule has 1 N–H and O–H groups in total. The number of carbonyl (C=O) groups is 1. The standard InChI is InChI=1S/C15H12ClFO3S/c16-12-7-6-11(13(17)8-12)9-21(20)14(15(18)19)10-4-2-1-3-5-10/h1-8,14H,9H2,(H,18,19). The average molecular weight is 327 g/mol. The maximum Gasteiger partial charge on any atom is 0.323 e. The maximum atomic E-state index is 13.7. The van der Waals surface area contributed by atoms with E-state index in [0.717, 1.165) is 6.07 Å². The quantitative estimate of drug-likeness (QED) is 0.914. The summed E-state index contributed by atoms with van der Waals surface area (Å²) in [5.74, 6) is -1.98. The van der Waals surface area contributed by atoms with Gasteiger partial charge in [0.1, 0.15) is 5.82 Å². The van der Waals surface area contributed by atoms with Crippen LogP contribution in [0.3, 0.4) is 0 Å². The van der Waals surface area contributed by atoms with E-state index in [9.17, 15) is 18.5 Å². The second kappa shape index (κ2) is 6.83. The molecular weight excluding hydrogens is 315 g/mol. The van der Waals surface area contributed by atoms with Gasteiger partial charge in [-0.1, -0.05) is 48.0 Å². The molecule has 2 aromatic carbocycles. The molecule has 2 rings (SSSR count). The highest BCUT2D eigenvalue weighted by atomic mass is 35.5. The lowest BCUT2D eigenvalue weighted by atomic mass is 10.1. The first-order chi connectivity index (χ1) is 9.99. The summed E-state index contributed by atoms with van der Waals surface area (Å²) >= 11 is 5.65. The van der Waals surface area contributed by atoms with E-state index in [4.69, 9.17) is 11.6 Å². The molecule has 21 heavy (non-hydrogen) atoms. The van der Waals surface area contributed by atoms with Crippen LogP contribution < -0.4 is 0 Å². The van der Waals surface area contributed by atoms with E-state index < -0.39 is 27.8 Å². The summed E-state index contributed by atoms with van der Waals surface area (Å²) in [5, 5.41) is 8.32. The summed E-state index contributed by atoms with van der Waals surface area (Å²) in [6.45, 7) is 0. The molecule has 0 spiro atoms. The van der Waals surface area contributed by atoms with Gasteiger partial charge in [-0.2, -0.15) is 0 Å². The van der Waals surface area contributed by atoms with E-state index >= 15 is 0 Å². The molecule has 0 aliphatic carbocycles. The summed E-state index contributed by atoms with van der Waals surface area (Å²) in [7, 11) is -1.79. The summed E-state index contributed by atoms with van der Waals surface area (Å²) in [6.07, 6.45) is 0. The van der Waals surface area contributed by atoms with Crippen molar-refractivity contribution in [1.82, 2.24) is 0 Å². The molecule has 0 heterocycles. The number of hydrogen-bond acceptors (Lipinski definition) is 2. The highest BCUT2D eigenvalue weighted by molar-refractivity contribution is 7.85. The van der Waals surface area contributed by atoms with Gasteiger partial charge in [-0.05, 0) is 17.7 Å². The fourth-order valence-electron chi connectivity index (χ4n) is 1.91. The number of benzene rings is 2. The van der Waals surface area contributed by atoms with E-state index in [-0.39, 0.29) is 16.3 Å². The third kappa shape index (κ3) is 3.89. The lowest BCUT2D eigenvalue weighted by Crippen LogP contribution is -2.18. The van der Waals surface area contributed by atoms with Gasteiger partial charge in [-0.15, -0.1) is 0 Å². The Morgan fingerprint density at radius 3 is 2.48 bits per heavy atom. The van der Waals surface area contributed by atoms with Gasteiger partial charge in [0.05, 0.1) is 5.75 Å². The number of rotatable bonds is 5.